The lowest BCUT2D eigenvalue weighted by Gasteiger charge is -2.14. The highest BCUT2D eigenvalue weighted by atomic mass is 32.2. The maximum atomic E-state index is 11.2. The van der Waals surface area contributed by atoms with Crippen LogP contribution in [-0.4, -0.2) is 30.2 Å². The van der Waals surface area contributed by atoms with Gasteiger partial charge in [0, 0.05) is 10.9 Å². The van der Waals surface area contributed by atoms with Crippen molar-refractivity contribution in [3.05, 3.63) is 16.8 Å². The van der Waals surface area contributed by atoms with E-state index in [4.69, 9.17) is 5.14 Å². The molecule has 22 heavy (non-hydrogen) atoms. The van der Waals surface area contributed by atoms with Gasteiger partial charge in [0.1, 0.15) is 17.0 Å². The Bertz CT molecular complexity index is 801. The molecule has 1 saturated carbocycles. The third-order valence-corrected chi connectivity index (χ3v) is 6.37. The Morgan fingerprint density at radius 2 is 2.14 bits per heavy atom. The third kappa shape index (κ3) is 3.23. The molecule has 2 aromatic rings. The van der Waals surface area contributed by atoms with Gasteiger partial charge in [-0.05, 0) is 44.6 Å². The number of fused-ring (bicyclic) bond motifs is 1. The number of aryl methyl sites for hydroxylation is 2. The summed E-state index contributed by atoms with van der Waals surface area (Å²) in [5.74, 6) is 1.06. The number of sulfonamides is 1. The van der Waals surface area contributed by atoms with Crippen LogP contribution in [0.3, 0.4) is 0 Å². The molecule has 2 aromatic heterocycles. The van der Waals surface area contributed by atoms with E-state index in [1.54, 1.807) is 17.7 Å². The lowest BCUT2D eigenvalue weighted by atomic mass is 10.1. The number of hydrogen-bond acceptors (Lipinski definition) is 6. The Labute approximate surface area is 134 Å². The summed E-state index contributed by atoms with van der Waals surface area (Å²) in [7, 11) is -3.39. The number of nitrogens with two attached hydrogens (primary N) is 1. The molecular weight excluding hydrogens is 320 g/mol. The highest BCUT2D eigenvalue weighted by Crippen LogP contribution is 2.35. The number of nitrogens with zero attached hydrogens (tertiary/aromatic N) is 2. The van der Waals surface area contributed by atoms with Gasteiger partial charge in [0.25, 0.3) is 0 Å². The summed E-state index contributed by atoms with van der Waals surface area (Å²) in [5, 5.41) is 9.70. The van der Waals surface area contributed by atoms with Crippen LogP contribution in [0.5, 0.6) is 0 Å². The number of thiophene rings is 1. The molecule has 0 aliphatic heterocycles. The van der Waals surface area contributed by atoms with Crippen LogP contribution < -0.4 is 10.5 Å². The monoisotopic (exact) mass is 340 g/mol. The summed E-state index contributed by atoms with van der Waals surface area (Å²) in [6.07, 6.45) is 4.21. The van der Waals surface area contributed by atoms with E-state index in [2.05, 4.69) is 29.1 Å². The van der Waals surface area contributed by atoms with Gasteiger partial charge in [0.05, 0.1) is 11.1 Å². The van der Waals surface area contributed by atoms with Crippen molar-refractivity contribution >= 4 is 37.4 Å². The predicted octanol–water partition coefficient (Wildman–Crippen LogP) is 2.18. The van der Waals surface area contributed by atoms with Crippen molar-refractivity contribution in [1.82, 2.24) is 9.97 Å². The molecule has 2 atom stereocenters. The Hall–Kier alpha value is -1.25. The fourth-order valence-electron chi connectivity index (χ4n) is 3.17. The first kappa shape index (κ1) is 15.6. The molecule has 0 bridgehead atoms. The molecule has 3 rings (SSSR count). The molecule has 0 amide bonds. The van der Waals surface area contributed by atoms with Crippen molar-refractivity contribution in [2.45, 2.75) is 39.2 Å². The zero-order chi connectivity index (χ0) is 15.9. The molecule has 0 saturated heterocycles. The van der Waals surface area contributed by atoms with Crippen LogP contribution in [-0.2, 0) is 10.0 Å². The smallest absolute Gasteiger partial charge is 0.209 e. The molecule has 1 fully saturated rings. The Kier molecular flexibility index (Phi) is 4.09. The van der Waals surface area contributed by atoms with Gasteiger partial charge in [0.15, 0.2) is 0 Å². The molecule has 3 N–H and O–H groups in total. The zero-order valence-corrected chi connectivity index (χ0v) is 14.3. The first-order valence-electron chi connectivity index (χ1n) is 7.31. The number of rotatable bonds is 4. The van der Waals surface area contributed by atoms with E-state index in [1.807, 2.05) is 0 Å². The van der Waals surface area contributed by atoms with E-state index in [1.165, 1.54) is 10.4 Å². The molecule has 2 heterocycles. The van der Waals surface area contributed by atoms with Crippen molar-refractivity contribution < 1.29 is 8.42 Å². The summed E-state index contributed by atoms with van der Waals surface area (Å²) in [6, 6.07) is 0.240. The van der Waals surface area contributed by atoms with E-state index >= 15 is 0 Å². The Morgan fingerprint density at radius 1 is 1.36 bits per heavy atom. The lowest BCUT2D eigenvalue weighted by Crippen LogP contribution is -2.23. The molecule has 6 nitrogen and oxygen atoms in total. The first-order chi connectivity index (χ1) is 10.3. The normalized spacial score (nSPS) is 22.3. The van der Waals surface area contributed by atoms with Gasteiger partial charge in [-0.15, -0.1) is 11.3 Å². The minimum Gasteiger partial charge on any atom is -0.367 e. The summed E-state index contributed by atoms with van der Waals surface area (Å²) in [6.45, 7) is 4.17. The van der Waals surface area contributed by atoms with Crippen LogP contribution >= 0.6 is 11.3 Å². The maximum Gasteiger partial charge on any atom is 0.209 e. The van der Waals surface area contributed by atoms with Crippen LogP contribution in [0.2, 0.25) is 0 Å². The molecule has 0 aromatic carbocycles. The number of anilines is 1. The van der Waals surface area contributed by atoms with Crippen LogP contribution in [0.25, 0.3) is 10.2 Å². The maximum absolute atomic E-state index is 11.2. The second kappa shape index (κ2) is 5.75. The highest BCUT2D eigenvalue weighted by molar-refractivity contribution is 7.89. The number of aromatic nitrogens is 2. The first-order valence-corrected chi connectivity index (χ1v) is 9.84. The van der Waals surface area contributed by atoms with Gasteiger partial charge in [-0.3, -0.25) is 0 Å². The number of nitrogens with one attached hydrogen (secondary N) is 1. The van der Waals surface area contributed by atoms with Crippen LogP contribution in [0, 0.1) is 19.8 Å². The van der Waals surface area contributed by atoms with Crippen molar-refractivity contribution in [1.29, 1.82) is 0 Å². The highest BCUT2D eigenvalue weighted by Gasteiger charge is 2.28. The van der Waals surface area contributed by atoms with Gasteiger partial charge in [0.2, 0.25) is 10.0 Å². The van der Waals surface area contributed by atoms with Crippen LogP contribution in [0.15, 0.2) is 6.33 Å². The average molecular weight is 340 g/mol. The molecule has 0 spiro atoms. The largest absolute Gasteiger partial charge is 0.367 e. The summed E-state index contributed by atoms with van der Waals surface area (Å²) >= 11 is 1.67. The molecule has 1 aliphatic rings. The van der Waals surface area contributed by atoms with E-state index in [9.17, 15) is 8.42 Å². The molecule has 1 aliphatic carbocycles. The SMILES string of the molecule is Cc1sc2ncnc(N[C@@H]3CC[C@H](CS(N)(=O)=O)C3)c2c1C. The molecular formula is C14H20N4O2S2. The predicted molar refractivity (Wildman–Crippen MR) is 89.6 cm³/mol. The fraction of sp³-hybridized carbons (Fsp3) is 0.571. The van der Waals surface area contributed by atoms with E-state index < -0.39 is 10.0 Å². The average Bonchev–Trinajstić information content (AvgIpc) is 2.94. The Morgan fingerprint density at radius 3 is 2.86 bits per heavy atom. The standard InChI is InChI=1S/C14H20N4O2S2/c1-8-9(2)21-14-12(8)13(16-7-17-14)18-11-4-3-10(5-11)6-22(15,19)20/h7,10-11H,3-6H2,1-2H3,(H2,15,19,20)(H,16,17,18)/t10-,11+/m0/s1. The zero-order valence-electron chi connectivity index (χ0n) is 12.7. The van der Waals surface area contributed by atoms with Crippen LogP contribution in [0.1, 0.15) is 29.7 Å². The number of hydrogen-bond donors (Lipinski definition) is 2. The van der Waals surface area contributed by atoms with Crippen molar-refractivity contribution in [2.24, 2.45) is 11.1 Å². The summed E-state index contributed by atoms with van der Waals surface area (Å²) in [5.41, 5.74) is 1.21. The van der Waals surface area contributed by atoms with Gasteiger partial charge < -0.3 is 5.32 Å². The van der Waals surface area contributed by atoms with E-state index in [0.717, 1.165) is 35.3 Å². The van der Waals surface area contributed by atoms with Crippen molar-refractivity contribution in [2.75, 3.05) is 11.1 Å². The quantitative estimate of drug-likeness (QED) is 0.889. The fourth-order valence-corrected chi connectivity index (χ4v) is 5.13. The topological polar surface area (TPSA) is 98.0 Å². The van der Waals surface area contributed by atoms with Gasteiger partial charge in [-0.1, -0.05) is 0 Å². The minimum atomic E-state index is -3.39. The second-order valence-corrected chi connectivity index (χ2v) is 8.90. The third-order valence-electron chi connectivity index (χ3n) is 4.32. The second-order valence-electron chi connectivity index (χ2n) is 6.04. The molecule has 0 unspecified atom stereocenters. The Balaban J connectivity index is 1.77. The summed E-state index contributed by atoms with van der Waals surface area (Å²) in [4.78, 5) is 11.0. The van der Waals surface area contributed by atoms with Gasteiger partial charge >= 0.3 is 0 Å². The number of primary sulfonamides is 1. The van der Waals surface area contributed by atoms with Crippen LogP contribution in [0.4, 0.5) is 5.82 Å². The van der Waals surface area contributed by atoms with Crippen molar-refractivity contribution in [3.8, 4) is 0 Å². The lowest BCUT2D eigenvalue weighted by molar-refractivity contribution is 0.557. The minimum absolute atomic E-state index is 0.0704. The van der Waals surface area contributed by atoms with Crippen molar-refractivity contribution in [3.63, 3.8) is 0 Å². The summed E-state index contributed by atoms with van der Waals surface area (Å²) < 4.78 is 22.4. The van der Waals surface area contributed by atoms with E-state index in [0.29, 0.717) is 0 Å². The van der Waals surface area contributed by atoms with Gasteiger partial charge in [-0.25, -0.2) is 23.5 Å². The van der Waals surface area contributed by atoms with Gasteiger partial charge in [-0.2, -0.15) is 0 Å². The molecule has 0 radical (unpaired) electrons. The molecule has 120 valence electrons. The van der Waals surface area contributed by atoms with E-state index in [-0.39, 0.29) is 17.7 Å². The molecule has 8 heteroatoms.